The Bertz CT molecular complexity index is 1080. The normalized spacial score (nSPS) is 17.7. The molecule has 11 nitrogen and oxygen atoms in total. The Kier molecular flexibility index (Phi) is 6.23. The van der Waals surface area contributed by atoms with E-state index >= 15 is 0 Å². The number of hydrogen-bond acceptors (Lipinski definition) is 10. The van der Waals surface area contributed by atoms with Crippen molar-refractivity contribution in [3.05, 3.63) is 12.4 Å². The molecule has 5 rings (SSSR count). The monoisotopic (exact) mass is 452 g/mol. The van der Waals surface area contributed by atoms with Crippen LogP contribution in [0.3, 0.4) is 0 Å². The van der Waals surface area contributed by atoms with Crippen molar-refractivity contribution in [2.45, 2.75) is 26.8 Å². The molecule has 0 radical (unpaired) electrons. The molecular weight excluding hydrogens is 420 g/mol. The summed E-state index contributed by atoms with van der Waals surface area (Å²) in [6, 6.07) is 0. The van der Waals surface area contributed by atoms with Crippen LogP contribution in [-0.2, 0) is 11.3 Å². The molecule has 3 N–H and O–H groups in total. The predicted molar refractivity (Wildman–Crippen MR) is 128 cm³/mol. The molecule has 2 aliphatic rings. The Morgan fingerprint density at radius 2 is 1.79 bits per heavy atom. The van der Waals surface area contributed by atoms with Gasteiger partial charge in [0.15, 0.2) is 22.8 Å². The number of nitrogen functional groups attached to an aromatic ring is 1. The Morgan fingerprint density at radius 3 is 2.55 bits per heavy atom. The molecule has 0 spiro atoms. The summed E-state index contributed by atoms with van der Waals surface area (Å²) in [5, 5.41) is 3.49. The minimum atomic E-state index is 0.232. The standard InChI is InChI=1S/C22H32N10O/c1-15(2)14-32-20-17(27-22(32)31-6-3-4-24-5-7-31)19(30-8-10-33-11-9-30)28-18(29-20)16-12-25-21(23)26-13-16/h12-13,15,24H,3-11,14H2,1-2H3,(H2,23,25,26). The average molecular weight is 453 g/mol. The number of nitrogens with one attached hydrogen (secondary N) is 1. The van der Waals surface area contributed by atoms with Gasteiger partial charge in [0.1, 0.15) is 0 Å². The minimum Gasteiger partial charge on any atom is -0.378 e. The number of imidazole rings is 1. The highest BCUT2D eigenvalue weighted by Gasteiger charge is 2.26. The summed E-state index contributed by atoms with van der Waals surface area (Å²) in [6.45, 7) is 12.0. The van der Waals surface area contributed by atoms with Gasteiger partial charge >= 0.3 is 0 Å². The van der Waals surface area contributed by atoms with Crippen molar-refractivity contribution >= 4 is 28.9 Å². The van der Waals surface area contributed by atoms with E-state index in [1.807, 2.05) is 0 Å². The van der Waals surface area contributed by atoms with Gasteiger partial charge in [-0.3, -0.25) is 4.57 Å². The summed E-state index contributed by atoms with van der Waals surface area (Å²) >= 11 is 0. The molecule has 176 valence electrons. The highest BCUT2D eigenvalue weighted by atomic mass is 16.5. The van der Waals surface area contributed by atoms with Crippen molar-refractivity contribution in [1.29, 1.82) is 0 Å². The number of nitrogens with two attached hydrogens (primary N) is 1. The minimum absolute atomic E-state index is 0.232. The van der Waals surface area contributed by atoms with Crippen LogP contribution in [0.15, 0.2) is 12.4 Å². The summed E-state index contributed by atoms with van der Waals surface area (Å²) in [5.41, 5.74) is 8.13. The highest BCUT2D eigenvalue weighted by molar-refractivity contribution is 5.88. The molecule has 3 aromatic rings. The first kappa shape index (κ1) is 21.8. The number of morpholine rings is 1. The molecule has 0 aliphatic carbocycles. The summed E-state index contributed by atoms with van der Waals surface area (Å²) < 4.78 is 7.85. The van der Waals surface area contributed by atoms with Crippen molar-refractivity contribution in [2.24, 2.45) is 5.92 Å². The zero-order chi connectivity index (χ0) is 22.8. The van der Waals surface area contributed by atoms with E-state index in [1.165, 1.54) is 0 Å². The lowest BCUT2D eigenvalue weighted by atomic mass is 10.2. The fraction of sp³-hybridized carbons (Fsp3) is 0.591. The van der Waals surface area contributed by atoms with E-state index in [0.717, 1.165) is 80.7 Å². The lowest BCUT2D eigenvalue weighted by molar-refractivity contribution is 0.122. The predicted octanol–water partition coefficient (Wildman–Crippen LogP) is 1.16. The van der Waals surface area contributed by atoms with E-state index in [1.54, 1.807) is 12.4 Å². The van der Waals surface area contributed by atoms with E-state index in [-0.39, 0.29) is 5.95 Å². The van der Waals surface area contributed by atoms with Gasteiger partial charge in [-0.15, -0.1) is 0 Å². The zero-order valence-electron chi connectivity index (χ0n) is 19.4. The van der Waals surface area contributed by atoms with E-state index in [4.69, 9.17) is 25.4 Å². The van der Waals surface area contributed by atoms with Gasteiger partial charge < -0.3 is 25.6 Å². The van der Waals surface area contributed by atoms with E-state index in [2.05, 4.69) is 43.5 Å². The molecule has 0 unspecified atom stereocenters. The summed E-state index contributed by atoms with van der Waals surface area (Å²) in [5.74, 6) is 3.06. The fourth-order valence-electron chi connectivity index (χ4n) is 4.37. The molecule has 11 heteroatoms. The van der Waals surface area contributed by atoms with Crippen molar-refractivity contribution in [2.75, 3.05) is 68.0 Å². The lowest BCUT2D eigenvalue weighted by Crippen LogP contribution is -2.37. The molecule has 2 aliphatic heterocycles. The second-order valence-corrected chi connectivity index (χ2v) is 8.98. The molecule has 0 saturated carbocycles. The maximum absolute atomic E-state index is 5.71. The summed E-state index contributed by atoms with van der Waals surface area (Å²) in [6.07, 6.45) is 4.44. The third-order valence-electron chi connectivity index (χ3n) is 5.97. The molecule has 5 heterocycles. The van der Waals surface area contributed by atoms with Gasteiger partial charge in [-0.2, -0.15) is 0 Å². The molecule has 0 atom stereocenters. The SMILES string of the molecule is CC(C)Cn1c(N2CCCNCC2)nc2c(N3CCOCC3)nc(-c3cnc(N)nc3)nc21. The number of anilines is 3. The Morgan fingerprint density at radius 1 is 1.00 bits per heavy atom. The van der Waals surface area contributed by atoms with Crippen LogP contribution in [0.2, 0.25) is 0 Å². The van der Waals surface area contributed by atoms with Crippen LogP contribution in [-0.4, -0.2) is 82.0 Å². The van der Waals surface area contributed by atoms with Gasteiger partial charge in [-0.25, -0.2) is 24.9 Å². The van der Waals surface area contributed by atoms with Crippen molar-refractivity contribution in [3.8, 4) is 11.4 Å². The van der Waals surface area contributed by atoms with Gasteiger partial charge in [0.25, 0.3) is 0 Å². The maximum Gasteiger partial charge on any atom is 0.219 e. The second kappa shape index (κ2) is 9.44. The fourth-order valence-corrected chi connectivity index (χ4v) is 4.37. The molecule has 33 heavy (non-hydrogen) atoms. The lowest BCUT2D eigenvalue weighted by Gasteiger charge is -2.28. The van der Waals surface area contributed by atoms with Gasteiger partial charge in [-0.1, -0.05) is 13.8 Å². The molecule has 0 bridgehead atoms. The summed E-state index contributed by atoms with van der Waals surface area (Å²) in [7, 11) is 0. The zero-order valence-corrected chi connectivity index (χ0v) is 19.4. The molecular formula is C22H32N10O. The average Bonchev–Trinajstić information content (AvgIpc) is 2.99. The quantitative estimate of drug-likeness (QED) is 0.583. The first-order chi connectivity index (χ1) is 16.1. The van der Waals surface area contributed by atoms with Crippen LogP contribution >= 0.6 is 0 Å². The van der Waals surface area contributed by atoms with Gasteiger partial charge in [0.2, 0.25) is 11.9 Å². The van der Waals surface area contributed by atoms with Crippen molar-refractivity contribution in [1.82, 2.24) is 34.8 Å². The molecule has 2 saturated heterocycles. The number of nitrogens with zero attached hydrogens (tertiary/aromatic N) is 8. The van der Waals surface area contributed by atoms with E-state index in [9.17, 15) is 0 Å². The van der Waals surface area contributed by atoms with E-state index < -0.39 is 0 Å². The van der Waals surface area contributed by atoms with Crippen LogP contribution in [0, 0.1) is 5.92 Å². The van der Waals surface area contributed by atoms with Crippen LogP contribution < -0.4 is 20.9 Å². The Labute approximate surface area is 193 Å². The molecule has 0 aromatic carbocycles. The largest absolute Gasteiger partial charge is 0.378 e. The summed E-state index contributed by atoms with van der Waals surface area (Å²) in [4.78, 5) is 28.0. The maximum atomic E-state index is 5.71. The Balaban J connectivity index is 1.70. The smallest absolute Gasteiger partial charge is 0.219 e. The molecule has 2 fully saturated rings. The van der Waals surface area contributed by atoms with Gasteiger partial charge in [0.05, 0.1) is 18.8 Å². The highest BCUT2D eigenvalue weighted by Crippen LogP contribution is 2.32. The third-order valence-corrected chi connectivity index (χ3v) is 5.97. The number of ether oxygens (including phenoxy) is 1. The number of fused-ring (bicyclic) bond motifs is 1. The number of rotatable bonds is 5. The van der Waals surface area contributed by atoms with Crippen LogP contribution in [0.4, 0.5) is 17.7 Å². The van der Waals surface area contributed by atoms with E-state index in [0.29, 0.717) is 25.0 Å². The van der Waals surface area contributed by atoms with Crippen molar-refractivity contribution in [3.63, 3.8) is 0 Å². The van der Waals surface area contributed by atoms with Crippen LogP contribution in [0.25, 0.3) is 22.6 Å². The van der Waals surface area contributed by atoms with Gasteiger partial charge in [0, 0.05) is 51.7 Å². The number of hydrogen-bond donors (Lipinski definition) is 2. The third kappa shape index (κ3) is 4.55. The second-order valence-electron chi connectivity index (χ2n) is 8.98. The Hall–Kier alpha value is -3.05. The number of aromatic nitrogens is 6. The van der Waals surface area contributed by atoms with Crippen LogP contribution in [0.1, 0.15) is 20.3 Å². The topological polar surface area (TPSA) is 123 Å². The van der Waals surface area contributed by atoms with Crippen molar-refractivity contribution < 1.29 is 4.74 Å². The van der Waals surface area contributed by atoms with Gasteiger partial charge in [-0.05, 0) is 18.9 Å². The first-order valence-corrected chi connectivity index (χ1v) is 11.7. The van der Waals surface area contributed by atoms with Crippen LogP contribution in [0.5, 0.6) is 0 Å². The molecule has 3 aromatic heterocycles. The first-order valence-electron chi connectivity index (χ1n) is 11.7. The molecule has 0 amide bonds.